The van der Waals surface area contributed by atoms with E-state index < -0.39 is 0 Å². The predicted molar refractivity (Wildman–Crippen MR) is 70.0 cm³/mol. The van der Waals surface area contributed by atoms with Crippen molar-refractivity contribution >= 4 is 5.70 Å². The van der Waals surface area contributed by atoms with Gasteiger partial charge >= 0.3 is 0 Å². The summed E-state index contributed by atoms with van der Waals surface area (Å²) in [6, 6.07) is 12.7. The molecule has 1 N–H and O–H groups in total. The Labute approximate surface area is 103 Å². The lowest BCUT2D eigenvalue weighted by molar-refractivity contribution is 0.409. The average molecular weight is 226 g/mol. The maximum atomic E-state index is 8.86. The van der Waals surface area contributed by atoms with Gasteiger partial charge in [0.2, 0.25) is 0 Å². The minimum absolute atomic E-state index is 0.531. The van der Waals surface area contributed by atoms with E-state index in [1.54, 1.807) is 6.08 Å². The van der Waals surface area contributed by atoms with Gasteiger partial charge in [-0.2, -0.15) is 5.26 Å². The zero-order chi connectivity index (χ0) is 11.9. The van der Waals surface area contributed by atoms with Crippen LogP contribution in [-0.2, 0) is 0 Å². The van der Waals surface area contributed by atoms with E-state index in [2.05, 4.69) is 11.4 Å². The first-order chi connectivity index (χ1) is 8.40. The fourth-order valence-corrected chi connectivity index (χ4v) is 2.36. The molecule has 88 valence electrons. The number of rotatable bonds is 3. The van der Waals surface area contributed by atoms with E-state index in [0.717, 1.165) is 11.3 Å². The molecule has 0 heterocycles. The maximum absolute atomic E-state index is 8.86. The van der Waals surface area contributed by atoms with Crippen LogP contribution in [0.5, 0.6) is 0 Å². The number of nitriles is 1. The van der Waals surface area contributed by atoms with Gasteiger partial charge < -0.3 is 5.32 Å². The molecule has 1 aromatic carbocycles. The normalized spacial score (nSPS) is 17.5. The molecular formula is C15H18N2. The molecule has 0 radical (unpaired) electrons. The molecule has 1 aliphatic carbocycles. The van der Waals surface area contributed by atoms with Gasteiger partial charge in [-0.25, -0.2) is 0 Å². The van der Waals surface area contributed by atoms with Crippen LogP contribution in [0.4, 0.5) is 0 Å². The third kappa shape index (κ3) is 3.35. The molecule has 2 nitrogen and oxygen atoms in total. The summed E-state index contributed by atoms with van der Waals surface area (Å²) in [4.78, 5) is 0. The van der Waals surface area contributed by atoms with Gasteiger partial charge in [0.25, 0.3) is 0 Å². The summed E-state index contributed by atoms with van der Waals surface area (Å²) in [6.45, 7) is 0. The fourth-order valence-electron chi connectivity index (χ4n) is 2.36. The molecule has 0 bridgehead atoms. The second kappa shape index (κ2) is 6.10. The fraction of sp³-hybridized carbons (Fsp3) is 0.400. The van der Waals surface area contributed by atoms with Gasteiger partial charge in [0.1, 0.15) is 0 Å². The first kappa shape index (κ1) is 11.7. The van der Waals surface area contributed by atoms with Gasteiger partial charge in [0, 0.05) is 12.1 Å². The zero-order valence-corrected chi connectivity index (χ0v) is 10.0. The number of hydrogen-bond acceptors (Lipinski definition) is 2. The van der Waals surface area contributed by atoms with Gasteiger partial charge in [-0.15, -0.1) is 0 Å². The Bertz CT molecular complexity index is 408. The van der Waals surface area contributed by atoms with Crippen molar-refractivity contribution in [2.75, 3.05) is 0 Å². The summed E-state index contributed by atoms with van der Waals surface area (Å²) in [6.07, 6.45) is 7.99. The van der Waals surface area contributed by atoms with Crippen molar-refractivity contribution in [3.63, 3.8) is 0 Å². The monoisotopic (exact) mass is 226 g/mol. The molecule has 0 aromatic heterocycles. The first-order valence-electron chi connectivity index (χ1n) is 6.32. The molecule has 0 amide bonds. The first-order valence-corrected chi connectivity index (χ1v) is 6.32. The van der Waals surface area contributed by atoms with Crippen molar-refractivity contribution in [1.82, 2.24) is 5.32 Å². The molecular weight excluding hydrogens is 208 g/mol. The van der Waals surface area contributed by atoms with Gasteiger partial charge in [-0.3, -0.25) is 0 Å². The van der Waals surface area contributed by atoms with E-state index in [-0.39, 0.29) is 0 Å². The number of nitrogens with one attached hydrogen (secondary N) is 1. The topological polar surface area (TPSA) is 35.8 Å². The Morgan fingerprint density at radius 3 is 2.53 bits per heavy atom. The van der Waals surface area contributed by atoms with Crippen molar-refractivity contribution in [2.24, 2.45) is 0 Å². The second-order valence-electron chi connectivity index (χ2n) is 4.53. The second-order valence-corrected chi connectivity index (χ2v) is 4.53. The molecule has 1 aliphatic rings. The third-order valence-corrected chi connectivity index (χ3v) is 3.26. The summed E-state index contributed by atoms with van der Waals surface area (Å²) in [5.74, 6) is 0. The smallest absolute Gasteiger partial charge is 0.0933 e. The van der Waals surface area contributed by atoms with Crippen molar-refractivity contribution in [3.05, 3.63) is 42.0 Å². The summed E-state index contributed by atoms with van der Waals surface area (Å²) >= 11 is 0. The SMILES string of the molecule is N#C/C=C(/NC1CCCCC1)c1ccccc1. The maximum Gasteiger partial charge on any atom is 0.0933 e. The summed E-state index contributed by atoms with van der Waals surface area (Å²) in [7, 11) is 0. The van der Waals surface area contributed by atoms with Crippen LogP contribution in [0.3, 0.4) is 0 Å². The highest BCUT2D eigenvalue weighted by Crippen LogP contribution is 2.21. The van der Waals surface area contributed by atoms with Gasteiger partial charge in [-0.05, 0) is 18.4 Å². The summed E-state index contributed by atoms with van der Waals surface area (Å²) in [5.41, 5.74) is 2.06. The van der Waals surface area contributed by atoms with Crippen molar-refractivity contribution in [2.45, 2.75) is 38.1 Å². The van der Waals surface area contributed by atoms with Crippen LogP contribution in [0.1, 0.15) is 37.7 Å². The molecule has 1 fully saturated rings. The third-order valence-electron chi connectivity index (χ3n) is 3.26. The van der Waals surface area contributed by atoms with Crippen molar-refractivity contribution in [1.29, 1.82) is 5.26 Å². The minimum Gasteiger partial charge on any atom is -0.381 e. The van der Waals surface area contributed by atoms with Gasteiger partial charge in [0.15, 0.2) is 0 Å². The standard InChI is InChI=1S/C15H18N2/c16-12-11-15(13-7-3-1-4-8-13)17-14-9-5-2-6-10-14/h1,3-4,7-8,11,14,17H,2,5-6,9-10H2/b15-11+. The lowest BCUT2D eigenvalue weighted by Gasteiger charge is -2.25. The van der Waals surface area contributed by atoms with Gasteiger partial charge in [-0.1, -0.05) is 49.6 Å². The molecule has 0 saturated heterocycles. The number of hydrogen-bond donors (Lipinski definition) is 1. The molecule has 2 heteroatoms. The molecule has 0 unspecified atom stereocenters. The van der Waals surface area contributed by atoms with Crippen LogP contribution >= 0.6 is 0 Å². The molecule has 2 rings (SSSR count). The van der Waals surface area contributed by atoms with Crippen LogP contribution in [0.25, 0.3) is 5.70 Å². The van der Waals surface area contributed by atoms with E-state index in [4.69, 9.17) is 5.26 Å². The summed E-state index contributed by atoms with van der Waals surface area (Å²) < 4.78 is 0. The Hall–Kier alpha value is -1.75. The average Bonchev–Trinajstić information content (AvgIpc) is 2.40. The van der Waals surface area contributed by atoms with E-state index in [1.807, 2.05) is 30.3 Å². The Kier molecular flexibility index (Phi) is 4.21. The van der Waals surface area contributed by atoms with E-state index in [1.165, 1.54) is 32.1 Å². The largest absolute Gasteiger partial charge is 0.381 e. The van der Waals surface area contributed by atoms with Crippen LogP contribution in [0.2, 0.25) is 0 Å². The van der Waals surface area contributed by atoms with E-state index >= 15 is 0 Å². The lowest BCUT2D eigenvalue weighted by Crippen LogP contribution is -2.29. The van der Waals surface area contributed by atoms with Crippen molar-refractivity contribution < 1.29 is 0 Å². The molecule has 0 spiro atoms. The summed E-state index contributed by atoms with van der Waals surface area (Å²) in [5, 5.41) is 12.4. The lowest BCUT2D eigenvalue weighted by atomic mass is 9.95. The number of nitrogens with zero attached hydrogens (tertiary/aromatic N) is 1. The quantitative estimate of drug-likeness (QED) is 0.801. The van der Waals surface area contributed by atoms with Crippen LogP contribution in [0, 0.1) is 11.3 Å². The highest BCUT2D eigenvalue weighted by atomic mass is 14.9. The Morgan fingerprint density at radius 1 is 1.18 bits per heavy atom. The molecule has 1 saturated carbocycles. The minimum atomic E-state index is 0.531. The molecule has 0 aliphatic heterocycles. The van der Waals surface area contributed by atoms with Gasteiger partial charge in [0.05, 0.1) is 11.8 Å². The van der Waals surface area contributed by atoms with Crippen molar-refractivity contribution in [3.8, 4) is 6.07 Å². The highest BCUT2D eigenvalue weighted by molar-refractivity contribution is 5.66. The van der Waals surface area contributed by atoms with E-state index in [0.29, 0.717) is 6.04 Å². The molecule has 17 heavy (non-hydrogen) atoms. The number of allylic oxidation sites excluding steroid dienone is 1. The highest BCUT2D eigenvalue weighted by Gasteiger charge is 2.14. The zero-order valence-electron chi connectivity index (χ0n) is 10.0. The predicted octanol–water partition coefficient (Wildman–Crippen LogP) is 3.47. The Balaban J connectivity index is 2.08. The van der Waals surface area contributed by atoms with Crippen LogP contribution < -0.4 is 5.32 Å². The van der Waals surface area contributed by atoms with Crippen LogP contribution in [0.15, 0.2) is 36.4 Å². The van der Waals surface area contributed by atoms with E-state index in [9.17, 15) is 0 Å². The Morgan fingerprint density at radius 2 is 1.88 bits per heavy atom. The molecule has 0 atom stereocenters. The molecule has 1 aromatic rings. The number of benzene rings is 1. The van der Waals surface area contributed by atoms with Crippen LogP contribution in [-0.4, -0.2) is 6.04 Å².